The first-order chi connectivity index (χ1) is 19.2. The Morgan fingerprint density at radius 1 is 0.476 bits per heavy atom. The summed E-state index contributed by atoms with van der Waals surface area (Å²) in [6.45, 7) is 17.8. The van der Waals surface area contributed by atoms with Gasteiger partial charge in [0.1, 0.15) is 0 Å². The first-order valence-electron chi connectivity index (χ1n) is 17.4. The number of carbonyl (C=O) groups excluding carboxylic acids is 2. The van der Waals surface area contributed by atoms with Gasteiger partial charge < -0.3 is 19.8 Å². The van der Waals surface area contributed by atoms with Gasteiger partial charge in [0.15, 0.2) is 0 Å². The average Bonchev–Trinajstić information content (AvgIpc) is 2.85. The van der Waals surface area contributed by atoms with Crippen LogP contribution in [0, 0.1) is 10.8 Å². The van der Waals surface area contributed by atoms with Gasteiger partial charge in [-0.15, -0.1) is 0 Å². The minimum Gasteiger partial charge on any atom is 4.00 e. The molecule has 0 aliphatic carbocycles. The predicted molar refractivity (Wildman–Crippen MR) is 183 cm³/mol. The van der Waals surface area contributed by atoms with Gasteiger partial charge in [0.05, 0.1) is 0 Å². The maximum Gasteiger partial charge on any atom is 4.00 e. The summed E-state index contributed by atoms with van der Waals surface area (Å²) in [6, 6.07) is 0. The van der Waals surface area contributed by atoms with Crippen molar-refractivity contribution in [2.24, 2.45) is 10.8 Å². The van der Waals surface area contributed by atoms with Crippen LogP contribution in [0.25, 0.3) is 0 Å². The normalized spacial score (nSPS) is 10.9. The Kier molecular flexibility index (Phi) is 42.4. The zero-order valence-electron chi connectivity index (χ0n) is 29.6. The molecule has 0 rings (SSSR count). The number of hydrogen-bond donors (Lipinski definition) is 0. The fourth-order valence-electron chi connectivity index (χ4n) is 4.39. The molecular weight excluding hydrogens is 734 g/mol. The van der Waals surface area contributed by atoms with Crippen LogP contribution >= 0.6 is 0 Å². The second kappa shape index (κ2) is 36.0. The summed E-state index contributed by atoms with van der Waals surface area (Å²) in [5.74, 6) is -1.85. The molecule has 0 atom stereocenters. The number of aliphatic carboxylic acids is 2. The van der Waals surface area contributed by atoms with Crippen molar-refractivity contribution < 1.29 is 19.8 Å². The van der Waals surface area contributed by atoms with E-state index in [9.17, 15) is 19.8 Å². The number of unbranched alkanes of at least 4 members (excludes halogenated alkanes) is 14. The second-order valence-electron chi connectivity index (χ2n) is 14.3. The van der Waals surface area contributed by atoms with Crippen molar-refractivity contribution in [3.63, 3.8) is 0 Å². The molecule has 4 nitrogen and oxygen atoms in total. The van der Waals surface area contributed by atoms with E-state index in [1.807, 2.05) is 0 Å². The number of hydrogen-bond acceptors (Lipinski definition) is 4. The summed E-state index contributed by atoms with van der Waals surface area (Å²) in [6.07, 6.45) is 26.4. The Morgan fingerprint density at radius 2 is 0.762 bits per heavy atom. The molecule has 0 fully saturated rings. The number of carboxylic acids is 2. The summed E-state index contributed by atoms with van der Waals surface area (Å²) < 4.78 is 3.31. The second-order valence-corrected chi connectivity index (χ2v) is 18.6. The van der Waals surface area contributed by atoms with E-state index in [4.69, 9.17) is 0 Å². The molecule has 0 aromatic carbocycles. The number of carboxylic acid groups (broad SMARTS) is 2. The smallest absolute Gasteiger partial charge is 4.00 e. The quantitative estimate of drug-likeness (QED) is 0.0720. The number of carbonyl (C=O) groups is 2. The average molecular weight is 806 g/mol. The van der Waals surface area contributed by atoms with Gasteiger partial charge >= 0.3 is 145 Å². The fraction of sp³-hybridized carbons (Fsp3) is 0.944. The zero-order chi connectivity index (χ0) is 31.8. The van der Waals surface area contributed by atoms with E-state index in [0.717, 1.165) is 38.5 Å². The van der Waals surface area contributed by atoms with E-state index in [-0.39, 0.29) is 57.9 Å². The Bertz CT molecular complexity index is 506. The standard InChI is InChI=1S/2C10H20O2.2C8H17.2Sn/c2*1-10(2,3)8-6-4-5-7-9(11)12;2*1-3-5-7-8-6-4-2;;/h2*4-8H2,1-3H3,(H,11,12);2*1,3-8H2,2H3;;/q;;;;+2;+4/p-2. The largest absolute Gasteiger partial charge is 4.00 e. The van der Waals surface area contributed by atoms with Crippen LogP contribution in [0.1, 0.15) is 197 Å². The van der Waals surface area contributed by atoms with Crippen LogP contribution < -0.4 is 10.2 Å². The van der Waals surface area contributed by atoms with E-state index in [2.05, 4.69) is 55.4 Å². The van der Waals surface area contributed by atoms with Crippen molar-refractivity contribution in [1.29, 1.82) is 0 Å². The summed E-state index contributed by atoms with van der Waals surface area (Å²) >= 11 is 0.0736. The van der Waals surface area contributed by atoms with Crippen LogP contribution in [0.5, 0.6) is 0 Å². The molecule has 6 heteroatoms. The van der Waals surface area contributed by atoms with Crippen LogP contribution in [-0.4, -0.2) is 57.0 Å². The SMILES string of the molecule is CC(C)(C)CCCCCC(=O)[O-].CC(C)(C)CCCCCC(=O)[O-].CCCCCCC[CH2][Sn+2][CH2]CCCCCCC.[Sn+4]. The van der Waals surface area contributed by atoms with Crippen molar-refractivity contribution in [2.75, 3.05) is 0 Å². The van der Waals surface area contributed by atoms with Crippen molar-refractivity contribution in [3.05, 3.63) is 0 Å². The van der Waals surface area contributed by atoms with E-state index in [1.165, 1.54) is 77.0 Å². The maximum absolute atomic E-state index is 10.0. The first-order valence-corrected chi connectivity index (χ1v) is 21.4. The third-order valence-electron chi connectivity index (χ3n) is 7.03. The third-order valence-corrected chi connectivity index (χ3v) is 11.1. The van der Waals surface area contributed by atoms with Gasteiger partial charge in [-0.25, -0.2) is 0 Å². The molecule has 244 valence electrons. The van der Waals surface area contributed by atoms with Crippen LogP contribution in [0.4, 0.5) is 0 Å². The third kappa shape index (κ3) is 59.9. The predicted octanol–water partition coefficient (Wildman–Crippen LogP) is 9.33. The van der Waals surface area contributed by atoms with E-state index in [1.54, 1.807) is 21.7 Å². The molecule has 0 saturated heterocycles. The van der Waals surface area contributed by atoms with Gasteiger partial charge in [-0.05, 0) is 49.4 Å². The molecule has 0 radical (unpaired) electrons. The van der Waals surface area contributed by atoms with Gasteiger partial charge in [-0.3, -0.25) is 0 Å². The summed E-state index contributed by atoms with van der Waals surface area (Å²) in [7, 11) is 0. The van der Waals surface area contributed by atoms with E-state index in [0.29, 0.717) is 10.8 Å². The van der Waals surface area contributed by atoms with Crippen molar-refractivity contribution in [3.8, 4) is 0 Å². The van der Waals surface area contributed by atoms with Crippen molar-refractivity contribution in [1.82, 2.24) is 0 Å². The summed E-state index contributed by atoms with van der Waals surface area (Å²) in [5, 5.41) is 20.1. The minimum atomic E-state index is -0.925. The molecule has 0 spiro atoms. The first kappa shape index (κ1) is 49.4. The van der Waals surface area contributed by atoms with Gasteiger partial charge in [0.2, 0.25) is 0 Å². The van der Waals surface area contributed by atoms with Gasteiger partial charge in [-0.1, -0.05) is 67.2 Å². The maximum atomic E-state index is 10.0. The van der Waals surface area contributed by atoms with Gasteiger partial charge in [0.25, 0.3) is 0 Å². The molecule has 0 heterocycles. The molecule has 0 aliphatic rings. The Hall–Kier alpha value is 0.537. The molecule has 0 aromatic heterocycles. The van der Waals surface area contributed by atoms with Crippen molar-refractivity contribution in [2.45, 2.75) is 206 Å². The van der Waals surface area contributed by atoms with E-state index >= 15 is 0 Å². The molecule has 0 saturated carbocycles. The molecule has 0 bridgehead atoms. The van der Waals surface area contributed by atoms with Gasteiger partial charge in [0, 0.05) is 11.9 Å². The van der Waals surface area contributed by atoms with Crippen LogP contribution in [0.15, 0.2) is 0 Å². The zero-order valence-corrected chi connectivity index (χ0v) is 35.3. The van der Waals surface area contributed by atoms with E-state index < -0.39 is 11.9 Å². The summed E-state index contributed by atoms with van der Waals surface area (Å²) in [5.41, 5.74) is 0.753. The molecule has 42 heavy (non-hydrogen) atoms. The Labute approximate surface area is 291 Å². The van der Waals surface area contributed by atoms with Crippen LogP contribution in [0.3, 0.4) is 0 Å². The molecule has 0 N–H and O–H groups in total. The van der Waals surface area contributed by atoms with Crippen molar-refractivity contribution >= 4 is 57.0 Å². The summed E-state index contributed by atoms with van der Waals surface area (Å²) in [4.78, 5) is 20.1. The van der Waals surface area contributed by atoms with Crippen LogP contribution in [-0.2, 0) is 9.59 Å². The minimum absolute atomic E-state index is 0. The Balaban J connectivity index is -0.000000261. The molecule has 0 unspecified atom stereocenters. The monoisotopic (exact) mass is 808 g/mol. The fourth-order valence-corrected chi connectivity index (χ4v) is 7.96. The van der Waals surface area contributed by atoms with Gasteiger partial charge in [-0.2, -0.15) is 0 Å². The number of rotatable bonds is 24. The molecule has 0 aromatic rings. The van der Waals surface area contributed by atoms with Crippen LogP contribution in [0.2, 0.25) is 8.87 Å². The molecule has 0 amide bonds. The topological polar surface area (TPSA) is 80.3 Å². The molecular formula is C36H72O4Sn2+4. The Morgan fingerprint density at radius 3 is 1.05 bits per heavy atom. The molecule has 0 aliphatic heterocycles.